The monoisotopic (exact) mass is 404 g/mol. The standard InChI is InChI=1S/C24H24N2O4/c1-29-20-10-9-19-16-21(24(28)30-22(19)17-20)23(27)26-14-12-25(13-15-26)11-5-8-18-6-3-2-4-7-18/h2-10,16-17H,11-15H2,1H3/b8-5+. The fourth-order valence-electron chi connectivity index (χ4n) is 3.57. The van der Waals surface area contributed by atoms with Crippen molar-refractivity contribution in [3.05, 3.63) is 82.2 Å². The Bertz CT molecular complexity index is 1110. The summed E-state index contributed by atoms with van der Waals surface area (Å²) in [6.45, 7) is 3.52. The number of carbonyl (C=O) groups is 1. The van der Waals surface area contributed by atoms with Gasteiger partial charge in [-0.2, -0.15) is 0 Å². The van der Waals surface area contributed by atoms with Crippen LogP contribution in [0.15, 0.2) is 69.9 Å². The highest BCUT2D eigenvalue weighted by molar-refractivity contribution is 5.96. The molecule has 0 unspecified atom stereocenters. The van der Waals surface area contributed by atoms with E-state index in [-0.39, 0.29) is 11.5 Å². The van der Waals surface area contributed by atoms with Gasteiger partial charge in [-0.25, -0.2) is 4.79 Å². The lowest BCUT2D eigenvalue weighted by Gasteiger charge is -2.34. The first kappa shape index (κ1) is 19.9. The van der Waals surface area contributed by atoms with E-state index in [1.807, 2.05) is 18.2 Å². The number of rotatable bonds is 5. The van der Waals surface area contributed by atoms with Crippen molar-refractivity contribution < 1.29 is 13.9 Å². The number of nitrogens with zero attached hydrogens (tertiary/aromatic N) is 2. The van der Waals surface area contributed by atoms with Crippen molar-refractivity contribution in [2.75, 3.05) is 39.8 Å². The van der Waals surface area contributed by atoms with E-state index in [1.165, 1.54) is 5.56 Å². The molecule has 3 aromatic rings. The summed E-state index contributed by atoms with van der Waals surface area (Å²) < 4.78 is 10.5. The van der Waals surface area contributed by atoms with Crippen molar-refractivity contribution in [1.29, 1.82) is 0 Å². The van der Waals surface area contributed by atoms with Gasteiger partial charge in [-0.1, -0.05) is 42.5 Å². The molecule has 4 rings (SSSR count). The Morgan fingerprint density at radius 1 is 1.07 bits per heavy atom. The molecule has 0 spiro atoms. The Balaban J connectivity index is 1.39. The van der Waals surface area contributed by atoms with Crippen LogP contribution in [0.5, 0.6) is 5.75 Å². The fourth-order valence-corrected chi connectivity index (χ4v) is 3.57. The molecule has 0 radical (unpaired) electrons. The lowest BCUT2D eigenvalue weighted by atomic mass is 10.1. The molecule has 1 aromatic heterocycles. The summed E-state index contributed by atoms with van der Waals surface area (Å²) in [7, 11) is 1.55. The van der Waals surface area contributed by atoms with E-state index in [2.05, 4.69) is 29.2 Å². The van der Waals surface area contributed by atoms with Gasteiger partial charge in [0.25, 0.3) is 5.91 Å². The summed E-state index contributed by atoms with van der Waals surface area (Å²) in [5, 5.41) is 0.698. The predicted octanol–water partition coefficient (Wildman–Crippen LogP) is 3.27. The van der Waals surface area contributed by atoms with E-state index < -0.39 is 5.63 Å². The van der Waals surface area contributed by atoms with E-state index in [0.717, 1.165) is 19.6 Å². The zero-order valence-corrected chi connectivity index (χ0v) is 16.9. The van der Waals surface area contributed by atoms with Gasteiger partial charge in [0, 0.05) is 44.2 Å². The topological polar surface area (TPSA) is 63.0 Å². The summed E-state index contributed by atoms with van der Waals surface area (Å²) in [6.07, 6.45) is 4.24. The average molecular weight is 404 g/mol. The van der Waals surface area contributed by atoms with E-state index in [9.17, 15) is 9.59 Å². The Morgan fingerprint density at radius 2 is 1.83 bits per heavy atom. The molecule has 0 bridgehead atoms. The number of benzene rings is 2. The van der Waals surface area contributed by atoms with E-state index in [1.54, 1.807) is 36.3 Å². The quantitative estimate of drug-likeness (QED) is 0.611. The van der Waals surface area contributed by atoms with Gasteiger partial charge >= 0.3 is 5.63 Å². The van der Waals surface area contributed by atoms with Gasteiger partial charge in [0.1, 0.15) is 16.9 Å². The summed E-state index contributed by atoms with van der Waals surface area (Å²) in [6, 6.07) is 17.0. The number of ether oxygens (including phenoxy) is 1. The van der Waals surface area contributed by atoms with Gasteiger partial charge in [0.2, 0.25) is 0 Å². The first-order valence-corrected chi connectivity index (χ1v) is 9.99. The molecule has 2 aromatic carbocycles. The summed E-state index contributed by atoms with van der Waals surface area (Å²) in [5.41, 5.74) is 1.04. The Kier molecular flexibility index (Phi) is 5.95. The Morgan fingerprint density at radius 3 is 2.57 bits per heavy atom. The minimum Gasteiger partial charge on any atom is -0.497 e. The molecular formula is C24H24N2O4. The molecule has 1 saturated heterocycles. The van der Waals surface area contributed by atoms with Crippen LogP contribution in [0.1, 0.15) is 15.9 Å². The second-order valence-corrected chi connectivity index (χ2v) is 7.26. The van der Waals surface area contributed by atoms with Gasteiger partial charge in [-0.15, -0.1) is 0 Å². The van der Waals surface area contributed by atoms with E-state index in [0.29, 0.717) is 29.8 Å². The van der Waals surface area contributed by atoms with Crippen LogP contribution in [0.3, 0.4) is 0 Å². The van der Waals surface area contributed by atoms with Gasteiger partial charge < -0.3 is 14.1 Å². The third-order valence-electron chi connectivity index (χ3n) is 5.31. The minimum atomic E-state index is -0.617. The highest BCUT2D eigenvalue weighted by atomic mass is 16.5. The van der Waals surface area contributed by atoms with Gasteiger partial charge in [0.05, 0.1) is 7.11 Å². The normalized spacial score (nSPS) is 15.0. The third kappa shape index (κ3) is 4.44. The smallest absolute Gasteiger partial charge is 0.349 e. The highest BCUT2D eigenvalue weighted by Crippen LogP contribution is 2.21. The predicted molar refractivity (Wildman–Crippen MR) is 117 cm³/mol. The molecule has 6 nitrogen and oxygen atoms in total. The van der Waals surface area contributed by atoms with Crippen molar-refractivity contribution in [1.82, 2.24) is 9.80 Å². The number of carbonyl (C=O) groups excluding carboxylic acids is 1. The Labute approximate surface area is 175 Å². The average Bonchev–Trinajstić information content (AvgIpc) is 2.79. The van der Waals surface area contributed by atoms with Crippen LogP contribution < -0.4 is 10.4 Å². The van der Waals surface area contributed by atoms with Crippen LogP contribution in [-0.4, -0.2) is 55.5 Å². The SMILES string of the molecule is COc1ccc2cc(C(=O)N3CCN(C/C=C/c4ccccc4)CC3)c(=O)oc2c1. The molecule has 30 heavy (non-hydrogen) atoms. The maximum absolute atomic E-state index is 12.9. The summed E-state index contributed by atoms with van der Waals surface area (Å²) in [5.74, 6) is 0.322. The molecule has 6 heteroatoms. The summed E-state index contributed by atoms with van der Waals surface area (Å²) in [4.78, 5) is 29.3. The molecule has 1 amide bonds. The molecule has 0 N–H and O–H groups in total. The maximum atomic E-state index is 12.9. The molecular weight excluding hydrogens is 380 g/mol. The first-order valence-electron chi connectivity index (χ1n) is 9.99. The molecule has 2 heterocycles. The number of hydrogen-bond acceptors (Lipinski definition) is 5. The van der Waals surface area contributed by atoms with Crippen molar-refractivity contribution in [2.45, 2.75) is 0 Å². The lowest BCUT2D eigenvalue weighted by molar-refractivity contribution is 0.0646. The van der Waals surface area contributed by atoms with Crippen LogP contribution in [0, 0.1) is 0 Å². The maximum Gasteiger partial charge on any atom is 0.349 e. The second-order valence-electron chi connectivity index (χ2n) is 7.26. The van der Waals surface area contributed by atoms with Crippen molar-refractivity contribution >= 4 is 23.0 Å². The van der Waals surface area contributed by atoms with Crippen LogP contribution in [-0.2, 0) is 0 Å². The zero-order chi connectivity index (χ0) is 20.9. The van der Waals surface area contributed by atoms with Crippen LogP contribution in [0.25, 0.3) is 17.0 Å². The minimum absolute atomic E-state index is 0.0742. The first-order chi connectivity index (χ1) is 14.6. The largest absolute Gasteiger partial charge is 0.497 e. The highest BCUT2D eigenvalue weighted by Gasteiger charge is 2.24. The lowest BCUT2D eigenvalue weighted by Crippen LogP contribution is -2.49. The number of amides is 1. The molecule has 0 saturated carbocycles. The van der Waals surface area contributed by atoms with Crippen molar-refractivity contribution in [3.8, 4) is 5.75 Å². The molecule has 154 valence electrons. The molecule has 1 aliphatic rings. The molecule has 0 aliphatic carbocycles. The number of hydrogen-bond donors (Lipinski definition) is 0. The number of piperazine rings is 1. The van der Waals surface area contributed by atoms with E-state index in [4.69, 9.17) is 9.15 Å². The van der Waals surface area contributed by atoms with Gasteiger partial charge in [-0.3, -0.25) is 9.69 Å². The fraction of sp³-hybridized carbons (Fsp3) is 0.250. The van der Waals surface area contributed by atoms with Crippen LogP contribution in [0.4, 0.5) is 0 Å². The Hall–Kier alpha value is -3.38. The van der Waals surface area contributed by atoms with Crippen molar-refractivity contribution in [2.24, 2.45) is 0 Å². The molecule has 0 atom stereocenters. The van der Waals surface area contributed by atoms with Gasteiger partial charge in [0.15, 0.2) is 0 Å². The van der Waals surface area contributed by atoms with Gasteiger partial charge in [-0.05, 0) is 23.8 Å². The third-order valence-corrected chi connectivity index (χ3v) is 5.31. The number of fused-ring (bicyclic) bond motifs is 1. The molecule has 1 aliphatic heterocycles. The molecule has 1 fully saturated rings. The van der Waals surface area contributed by atoms with E-state index >= 15 is 0 Å². The van der Waals surface area contributed by atoms with Crippen molar-refractivity contribution in [3.63, 3.8) is 0 Å². The second kappa shape index (κ2) is 8.97. The number of methoxy groups -OCH3 is 1. The van der Waals surface area contributed by atoms with Crippen LogP contribution >= 0.6 is 0 Å². The summed E-state index contributed by atoms with van der Waals surface area (Å²) >= 11 is 0. The zero-order valence-electron chi connectivity index (χ0n) is 16.9. The van der Waals surface area contributed by atoms with Crippen LogP contribution in [0.2, 0.25) is 0 Å².